The second-order valence-electron chi connectivity index (χ2n) is 8.45. The Kier molecular flexibility index (Phi) is 10.3. The fourth-order valence-electron chi connectivity index (χ4n) is 4.81. The molecular weight excluding hydrogens is 431 g/mol. The van der Waals surface area contributed by atoms with E-state index >= 15 is 0 Å². The van der Waals surface area contributed by atoms with Crippen LogP contribution in [0.25, 0.3) is 0 Å². The van der Waals surface area contributed by atoms with E-state index in [1.54, 1.807) is 0 Å². The summed E-state index contributed by atoms with van der Waals surface area (Å²) in [6.45, 7) is 7.82. The summed E-state index contributed by atoms with van der Waals surface area (Å²) in [7, 11) is 0. The summed E-state index contributed by atoms with van der Waals surface area (Å²) >= 11 is 0. The van der Waals surface area contributed by atoms with Crippen LogP contribution in [0, 0.1) is 12.8 Å². The molecule has 170 valence electrons. The highest BCUT2D eigenvalue weighted by Gasteiger charge is 2.30. The number of hydrogen-bond donors (Lipinski definition) is 1. The standard InChI is InChI=1S/C25H32N2O2.2ClH/c1-19-5-2-3-6-22(19)17-27-12-10-20(7-4-13-28)24(18-27)21-8-9-25-23(15-21)16-26-11-14-29-25;;/h2-3,5-6,8-9,13,15,20,24,26H,4,7,10-12,14,16-18H2,1H3;2*1H. The fourth-order valence-corrected chi connectivity index (χ4v) is 4.81. The van der Waals surface area contributed by atoms with Gasteiger partial charge in [-0.25, -0.2) is 0 Å². The van der Waals surface area contributed by atoms with Gasteiger partial charge in [0.05, 0.1) is 0 Å². The van der Waals surface area contributed by atoms with Gasteiger partial charge in [0.2, 0.25) is 0 Å². The zero-order valence-electron chi connectivity index (χ0n) is 18.2. The van der Waals surface area contributed by atoms with Crippen molar-refractivity contribution in [2.75, 3.05) is 26.2 Å². The van der Waals surface area contributed by atoms with Gasteiger partial charge in [-0.1, -0.05) is 36.4 Å². The Hall–Kier alpha value is -1.59. The lowest BCUT2D eigenvalue weighted by Gasteiger charge is -2.39. The van der Waals surface area contributed by atoms with Crippen LogP contribution in [0.1, 0.15) is 47.4 Å². The molecular formula is C25H34Cl2N2O2. The van der Waals surface area contributed by atoms with Crippen LogP contribution >= 0.6 is 24.8 Å². The van der Waals surface area contributed by atoms with Gasteiger partial charge in [-0.05, 0) is 60.9 Å². The molecule has 0 saturated carbocycles. The maximum absolute atomic E-state index is 11.0. The number of rotatable bonds is 6. The molecule has 2 atom stereocenters. The summed E-state index contributed by atoms with van der Waals surface area (Å²) in [6, 6.07) is 15.4. The fraction of sp³-hybridized carbons (Fsp3) is 0.480. The average molecular weight is 465 g/mol. The summed E-state index contributed by atoms with van der Waals surface area (Å²) in [6.07, 6.45) is 3.87. The molecule has 0 aromatic heterocycles. The van der Waals surface area contributed by atoms with Gasteiger partial charge < -0.3 is 14.8 Å². The number of fused-ring (bicyclic) bond motifs is 1. The molecule has 1 N–H and O–H groups in total. The van der Waals surface area contributed by atoms with Crippen LogP contribution in [-0.4, -0.2) is 37.4 Å². The molecule has 2 aliphatic rings. The minimum Gasteiger partial charge on any atom is -0.492 e. The molecule has 2 unspecified atom stereocenters. The van der Waals surface area contributed by atoms with Crippen LogP contribution in [0.4, 0.5) is 0 Å². The maximum Gasteiger partial charge on any atom is 0.123 e. The number of ether oxygens (including phenoxy) is 1. The highest BCUT2D eigenvalue weighted by molar-refractivity contribution is 5.85. The molecule has 2 aliphatic heterocycles. The van der Waals surface area contributed by atoms with E-state index in [1.165, 1.54) is 22.3 Å². The van der Waals surface area contributed by atoms with Crippen molar-refractivity contribution in [1.82, 2.24) is 10.2 Å². The molecule has 0 radical (unpaired) electrons. The van der Waals surface area contributed by atoms with Crippen molar-refractivity contribution in [1.29, 1.82) is 0 Å². The first-order valence-corrected chi connectivity index (χ1v) is 10.9. The van der Waals surface area contributed by atoms with Crippen LogP contribution in [0.5, 0.6) is 5.75 Å². The van der Waals surface area contributed by atoms with E-state index in [0.29, 0.717) is 18.3 Å². The second kappa shape index (κ2) is 12.4. The molecule has 0 amide bonds. The molecule has 2 aromatic rings. The number of piperidine rings is 1. The molecule has 0 bridgehead atoms. The normalized spacial score (nSPS) is 20.9. The third kappa shape index (κ3) is 6.45. The number of carbonyl (C=O) groups is 1. The molecule has 0 aliphatic carbocycles. The van der Waals surface area contributed by atoms with E-state index in [-0.39, 0.29) is 24.8 Å². The van der Waals surface area contributed by atoms with Crippen molar-refractivity contribution in [3.8, 4) is 5.75 Å². The van der Waals surface area contributed by atoms with Crippen LogP contribution in [0.2, 0.25) is 0 Å². The number of aryl methyl sites for hydroxylation is 1. The van der Waals surface area contributed by atoms with Gasteiger partial charge in [0.1, 0.15) is 18.6 Å². The molecule has 0 spiro atoms. The van der Waals surface area contributed by atoms with E-state index < -0.39 is 0 Å². The largest absolute Gasteiger partial charge is 0.492 e. The Bertz CT molecular complexity index is 846. The third-order valence-electron chi connectivity index (χ3n) is 6.52. The summed E-state index contributed by atoms with van der Waals surface area (Å²) in [4.78, 5) is 13.6. The topological polar surface area (TPSA) is 41.6 Å². The van der Waals surface area contributed by atoms with Gasteiger partial charge in [-0.15, -0.1) is 24.8 Å². The van der Waals surface area contributed by atoms with Gasteiger partial charge in [0, 0.05) is 38.2 Å². The number of halogens is 2. The highest BCUT2D eigenvalue weighted by Crippen LogP contribution is 2.37. The Morgan fingerprint density at radius 2 is 2.03 bits per heavy atom. The first-order chi connectivity index (χ1) is 14.2. The molecule has 1 saturated heterocycles. The minimum atomic E-state index is 0. The van der Waals surface area contributed by atoms with Crippen molar-refractivity contribution in [3.63, 3.8) is 0 Å². The lowest BCUT2D eigenvalue weighted by molar-refractivity contribution is -0.108. The zero-order valence-corrected chi connectivity index (χ0v) is 19.9. The van der Waals surface area contributed by atoms with E-state index in [0.717, 1.165) is 64.2 Å². The van der Waals surface area contributed by atoms with Gasteiger partial charge in [-0.2, -0.15) is 0 Å². The zero-order chi connectivity index (χ0) is 20.1. The van der Waals surface area contributed by atoms with Crippen molar-refractivity contribution >= 4 is 31.1 Å². The quantitative estimate of drug-likeness (QED) is 0.616. The summed E-state index contributed by atoms with van der Waals surface area (Å²) in [5.41, 5.74) is 5.42. The lowest BCUT2D eigenvalue weighted by Crippen LogP contribution is -2.39. The van der Waals surface area contributed by atoms with Crippen molar-refractivity contribution in [2.45, 2.75) is 45.2 Å². The van der Waals surface area contributed by atoms with E-state index in [1.807, 2.05) is 0 Å². The Labute approximate surface area is 198 Å². The molecule has 1 fully saturated rings. The maximum atomic E-state index is 11.0. The first kappa shape index (κ1) is 25.7. The number of benzene rings is 2. The Morgan fingerprint density at radius 3 is 2.84 bits per heavy atom. The SMILES string of the molecule is Cc1ccccc1CN1CCC(CCC=O)C(c2ccc3c(c2)CNCCO3)C1.Cl.Cl. The second-order valence-corrected chi connectivity index (χ2v) is 8.45. The number of hydrogen-bond acceptors (Lipinski definition) is 4. The van der Waals surface area contributed by atoms with Gasteiger partial charge in [0.15, 0.2) is 0 Å². The summed E-state index contributed by atoms with van der Waals surface area (Å²) in [5.74, 6) is 2.03. The van der Waals surface area contributed by atoms with Crippen molar-refractivity contribution < 1.29 is 9.53 Å². The molecule has 6 heteroatoms. The molecule has 2 heterocycles. The highest BCUT2D eigenvalue weighted by atomic mass is 35.5. The summed E-state index contributed by atoms with van der Waals surface area (Å²) in [5, 5.41) is 3.45. The van der Waals surface area contributed by atoms with Crippen molar-refractivity contribution in [3.05, 3.63) is 64.7 Å². The molecule has 4 rings (SSSR count). The van der Waals surface area contributed by atoms with Crippen LogP contribution < -0.4 is 10.1 Å². The van der Waals surface area contributed by atoms with E-state index in [2.05, 4.69) is 59.6 Å². The van der Waals surface area contributed by atoms with Gasteiger partial charge >= 0.3 is 0 Å². The van der Waals surface area contributed by atoms with Crippen LogP contribution in [0.3, 0.4) is 0 Å². The van der Waals surface area contributed by atoms with Gasteiger partial charge in [-0.3, -0.25) is 4.90 Å². The van der Waals surface area contributed by atoms with E-state index in [9.17, 15) is 4.79 Å². The van der Waals surface area contributed by atoms with Crippen LogP contribution in [-0.2, 0) is 17.9 Å². The lowest BCUT2D eigenvalue weighted by atomic mass is 9.77. The third-order valence-corrected chi connectivity index (χ3v) is 6.52. The number of carbonyl (C=O) groups excluding carboxylic acids is 1. The predicted octanol–water partition coefficient (Wildman–Crippen LogP) is 4.91. The number of nitrogens with zero attached hydrogens (tertiary/aromatic N) is 1. The Balaban J connectivity index is 0.00000171. The smallest absolute Gasteiger partial charge is 0.123 e. The minimum absolute atomic E-state index is 0. The Morgan fingerprint density at radius 1 is 1.19 bits per heavy atom. The summed E-state index contributed by atoms with van der Waals surface area (Å²) < 4.78 is 5.88. The predicted molar refractivity (Wildman–Crippen MR) is 131 cm³/mol. The van der Waals surface area contributed by atoms with E-state index in [4.69, 9.17) is 4.74 Å². The number of aldehydes is 1. The number of nitrogens with one attached hydrogen (secondary N) is 1. The number of likely N-dealkylation sites (tertiary alicyclic amines) is 1. The van der Waals surface area contributed by atoms with Gasteiger partial charge in [0.25, 0.3) is 0 Å². The molecule has 4 nitrogen and oxygen atoms in total. The first-order valence-electron chi connectivity index (χ1n) is 10.9. The van der Waals surface area contributed by atoms with Crippen molar-refractivity contribution in [2.24, 2.45) is 5.92 Å². The molecule has 2 aromatic carbocycles. The van der Waals surface area contributed by atoms with Crippen LogP contribution in [0.15, 0.2) is 42.5 Å². The average Bonchev–Trinajstić information content (AvgIpc) is 2.99. The monoisotopic (exact) mass is 464 g/mol. The molecule has 31 heavy (non-hydrogen) atoms.